The number of benzene rings is 2. The summed E-state index contributed by atoms with van der Waals surface area (Å²) in [6.45, 7) is 4.27. The molecule has 0 aliphatic rings. The number of anilines is 2. The lowest BCUT2D eigenvalue weighted by molar-refractivity contribution is 0.649. The number of rotatable bonds is 4. The lowest BCUT2D eigenvalue weighted by Gasteiger charge is -2.22. The van der Waals surface area contributed by atoms with Crippen molar-refractivity contribution in [2.45, 2.75) is 19.9 Å². The van der Waals surface area contributed by atoms with Gasteiger partial charge >= 0.3 is 0 Å². The average molecular weight is 333 g/mol. The molecule has 20 heavy (non-hydrogen) atoms. The molecule has 1 N–H and O–H groups in total. The first-order valence-corrected chi connectivity index (χ1v) is 7.59. The van der Waals surface area contributed by atoms with Gasteiger partial charge in [-0.25, -0.2) is 0 Å². The first-order valence-electron chi connectivity index (χ1n) is 6.80. The Hall–Kier alpha value is -1.32. The van der Waals surface area contributed by atoms with E-state index in [1.807, 2.05) is 7.05 Å². The normalized spacial score (nSPS) is 12.2. The number of aryl methyl sites for hydroxylation is 1. The third kappa shape index (κ3) is 3.22. The Morgan fingerprint density at radius 1 is 1.10 bits per heavy atom. The van der Waals surface area contributed by atoms with Gasteiger partial charge in [-0.3, -0.25) is 0 Å². The van der Waals surface area contributed by atoms with E-state index in [-0.39, 0.29) is 0 Å². The van der Waals surface area contributed by atoms with E-state index in [2.05, 4.69) is 89.5 Å². The first-order chi connectivity index (χ1) is 9.52. The molecule has 0 fully saturated rings. The summed E-state index contributed by atoms with van der Waals surface area (Å²) in [6.07, 6.45) is 0. The Bertz CT molecular complexity index is 595. The minimum atomic E-state index is 0.336. The van der Waals surface area contributed by atoms with Crippen molar-refractivity contribution < 1.29 is 0 Å². The number of hydrogen-bond acceptors (Lipinski definition) is 2. The zero-order valence-electron chi connectivity index (χ0n) is 12.4. The van der Waals surface area contributed by atoms with E-state index in [9.17, 15) is 0 Å². The summed E-state index contributed by atoms with van der Waals surface area (Å²) in [7, 11) is 4.07. The lowest BCUT2D eigenvalue weighted by atomic mass is 10.1. The van der Waals surface area contributed by atoms with Gasteiger partial charge in [-0.15, -0.1) is 0 Å². The molecule has 2 rings (SSSR count). The van der Waals surface area contributed by atoms with Crippen molar-refractivity contribution in [3.05, 3.63) is 58.1 Å². The standard InChI is InChI=1S/C17H21BrN2/c1-12-6-5-7-14(10-12)20(4)15-8-9-16(13(2)19-3)17(18)11-15/h5-11,13,19H,1-4H3. The van der Waals surface area contributed by atoms with E-state index in [1.165, 1.54) is 22.5 Å². The van der Waals surface area contributed by atoms with Crippen molar-refractivity contribution in [1.29, 1.82) is 0 Å². The van der Waals surface area contributed by atoms with Gasteiger partial charge in [-0.05, 0) is 56.3 Å². The van der Waals surface area contributed by atoms with Crippen LogP contribution in [0.15, 0.2) is 46.9 Å². The Balaban J connectivity index is 2.32. The molecule has 2 aromatic carbocycles. The maximum absolute atomic E-state index is 3.68. The Labute approximate surface area is 129 Å². The molecule has 0 aliphatic carbocycles. The van der Waals surface area contributed by atoms with Crippen molar-refractivity contribution in [3.63, 3.8) is 0 Å². The average Bonchev–Trinajstić information content (AvgIpc) is 2.45. The van der Waals surface area contributed by atoms with Crippen LogP contribution >= 0.6 is 15.9 Å². The highest BCUT2D eigenvalue weighted by atomic mass is 79.9. The molecule has 2 aromatic rings. The number of nitrogens with zero attached hydrogens (tertiary/aromatic N) is 1. The van der Waals surface area contributed by atoms with E-state index in [4.69, 9.17) is 0 Å². The molecule has 0 amide bonds. The van der Waals surface area contributed by atoms with Crippen molar-refractivity contribution in [3.8, 4) is 0 Å². The molecular weight excluding hydrogens is 312 g/mol. The Morgan fingerprint density at radius 2 is 1.80 bits per heavy atom. The summed E-state index contributed by atoms with van der Waals surface area (Å²) in [5.74, 6) is 0. The van der Waals surface area contributed by atoms with E-state index in [1.54, 1.807) is 0 Å². The summed E-state index contributed by atoms with van der Waals surface area (Å²) in [5.41, 5.74) is 4.92. The molecule has 0 radical (unpaired) electrons. The zero-order valence-corrected chi connectivity index (χ0v) is 14.0. The van der Waals surface area contributed by atoms with Gasteiger partial charge in [0, 0.05) is 28.9 Å². The summed E-state index contributed by atoms with van der Waals surface area (Å²) < 4.78 is 1.14. The molecular formula is C17H21BrN2. The molecule has 0 heterocycles. The minimum Gasteiger partial charge on any atom is -0.345 e. The van der Waals surface area contributed by atoms with Crippen molar-refractivity contribution in [2.75, 3.05) is 19.0 Å². The fourth-order valence-corrected chi connectivity index (χ4v) is 2.93. The predicted octanol–water partition coefficient (Wildman–Crippen LogP) is 4.81. The van der Waals surface area contributed by atoms with Gasteiger partial charge in [0.25, 0.3) is 0 Å². The largest absolute Gasteiger partial charge is 0.345 e. The molecule has 1 atom stereocenters. The smallest absolute Gasteiger partial charge is 0.0419 e. The van der Waals surface area contributed by atoms with Gasteiger partial charge in [-0.1, -0.05) is 34.1 Å². The van der Waals surface area contributed by atoms with Gasteiger partial charge in [0.2, 0.25) is 0 Å². The second-order valence-electron chi connectivity index (χ2n) is 5.11. The van der Waals surface area contributed by atoms with Gasteiger partial charge < -0.3 is 10.2 Å². The number of halogens is 1. The van der Waals surface area contributed by atoms with Gasteiger partial charge in [0.15, 0.2) is 0 Å². The van der Waals surface area contributed by atoms with E-state index in [0.29, 0.717) is 6.04 Å². The van der Waals surface area contributed by atoms with Crippen LogP contribution in [0.25, 0.3) is 0 Å². The molecule has 0 aliphatic heterocycles. The van der Waals surface area contributed by atoms with Crippen molar-refractivity contribution in [1.82, 2.24) is 5.32 Å². The molecule has 0 bridgehead atoms. The number of nitrogens with one attached hydrogen (secondary N) is 1. The SMILES string of the molecule is CNC(C)c1ccc(N(C)c2cccc(C)c2)cc1Br. The highest BCUT2D eigenvalue weighted by Crippen LogP contribution is 2.31. The maximum Gasteiger partial charge on any atom is 0.0419 e. The van der Waals surface area contributed by atoms with Gasteiger partial charge in [0.1, 0.15) is 0 Å². The highest BCUT2D eigenvalue weighted by Gasteiger charge is 2.10. The summed E-state index contributed by atoms with van der Waals surface area (Å²) >= 11 is 3.68. The van der Waals surface area contributed by atoms with Crippen LogP contribution < -0.4 is 10.2 Å². The number of hydrogen-bond donors (Lipinski definition) is 1. The van der Waals surface area contributed by atoms with Crippen molar-refractivity contribution >= 4 is 27.3 Å². The molecule has 1 unspecified atom stereocenters. The Morgan fingerprint density at radius 3 is 2.40 bits per heavy atom. The molecule has 2 nitrogen and oxygen atoms in total. The molecule has 0 saturated carbocycles. The van der Waals surface area contributed by atoms with Crippen LogP contribution in [-0.2, 0) is 0 Å². The van der Waals surface area contributed by atoms with Crippen LogP contribution in [0.4, 0.5) is 11.4 Å². The van der Waals surface area contributed by atoms with Crippen LogP contribution in [-0.4, -0.2) is 14.1 Å². The Kier molecular flexibility index (Phi) is 4.84. The van der Waals surface area contributed by atoms with Crippen LogP contribution in [0, 0.1) is 6.92 Å². The topological polar surface area (TPSA) is 15.3 Å². The fraction of sp³-hybridized carbons (Fsp3) is 0.294. The van der Waals surface area contributed by atoms with Crippen LogP contribution in [0.2, 0.25) is 0 Å². The molecule has 0 saturated heterocycles. The van der Waals surface area contributed by atoms with E-state index in [0.717, 1.165) is 4.47 Å². The fourth-order valence-electron chi connectivity index (χ4n) is 2.22. The summed E-state index contributed by atoms with van der Waals surface area (Å²) in [4.78, 5) is 2.20. The zero-order chi connectivity index (χ0) is 14.7. The van der Waals surface area contributed by atoms with E-state index >= 15 is 0 Å². The maximum atomic E-state index is 3.68. The first kappa shape index (κ1) is 15.1. The summed E-state index contributed by atoms with van der Waals surface area (Å²) in [5, 5.41) is 3.27. The molecule has 3 heteroatoms. The summed E-state index contributed by atoms with van der Waals surface area (Å²) in [6, 6.07) is 15.4. The second-order valence-corrected chi connectivity index (χ2v) is 5.97. The van der Waals surface area contributed by atoms with Crippen LogP contribution in [0.5, 0.6) is 0 Å². The minimum absolute atomic E-state index is 0.336. The second kappa shape index (κ2) is 6.42. The van der Waals surface area contributed by atoms with Gasteiger partial charge in [-0.2, -0.15) is 0 Å². The quantitative estimate of drug-likeness (QED) is 0.864. The van der Waals surface area contributed by atoms with Crippen LogP contribution in [0.3, 0.4) is 0 Å². The third-order valence-corrected chi connectivity index (χ3v) is 4.35. The highest BCUT2D eigenvalue weighted by molar-refractivity contribution is 9.10. The molecule has 0 aromatic heterocycles. The van der Waals surface area contributed by atoms with Crippen molar-refractivity contribution in [2.24, 2.45) is 0 Å². The third-order valence-electron chi connectivity index (χ3n) is 3.66. The lowest BCUT2D eigenvalue weighted by Crippen LogP contribution is -2.14. The monoisotopic (exact) mass is 332 g/mol. The molecule has 0 spiro atoms. The molecule has 106 valence electrons. The van der Waals surface area contributed by atoms with Crippen LogP contribution in [0.1, 0.15) is 24.1 Å². The van der Waals surface area contributed by atoms with Gasteiger partial charge in [0.05, 0.1) is 0 Å². The predicted molar refractivity (Wildman–Crippen MR) is 90.9 cm³/mol. The van der Waals surface area contributed by atoms with E-state index < -0.39 is 0 Å².